The Morgan fingerprint density at radius 3 is 2.58 bits per heavy atom. The van der Waals surface area contributed by atoms with Crippen molar-refractivity contribution in [3.8, 4) is 0 Å². The van der Waals surface area contributed by atoms with Crippen LogP contribution in [0, 0.1) is 0 Å². The molecule has 2 aromatic carbocycles. The van der Waals surface area contributed by atoms with Gasteiger partial charge in [-0.1, -0.05) is 58.4 Å². The van der Waals surface area contributed by atoms with Gasteiger partial charge in [0, 0.05) is 4.47 Å². The minimum absolute atomic E-state index is 0.00807. The third-order valence-electron chi connectivity index (χ3n) is 2.93. The van der Waals surface area contributed by atoms with E-state index in [2.05, 4.69) is 21.2 Å². The zero-order valence-corrected chi connectivity index (χ0v) is 12.4. The van der Waals surface area contributed by atoms with E-state index in [0.29, 0.717) is 6.42 Å². The van der Waals surface area contributed by atoms with Crippen molar-refractivity contribution in [2.24, 2.45) is 0 Å². The molecule has 0 spiro atoms. The van der Waals surface area contributed by atoms with Crippen LogP contribution >= 0.6 is 15.9 Å². The molecule has 0 aliphatic carbocycles. The van der Waals surface area contributed by atoms with Crippen LogP contribution in [0.1, 0.15) is 24.1 Å². The highest BCUT2D eigenvalue weighted by Crippen LogP contribution is 2.17. The van der Waals surface area contributed by atoms with E-state index in [9.17, 15) is 4.79 Å². The van der Waals surface area contributed by atoms with Gasteiger partial charge in [0.2, 0.25) is 5.91 Å². The molecule has 2 rings (SSSR count). The Hall–Kier alpha value is -1.61. The molecule has 0 aliphatic heterocycles. The van der Waals surface area contributed by atoms with Crippen molar-refractivity contribution in [1.29, 1.82) is 0 Å². The Labute approximate surface area is 122 Å². The second-order valence-electron chi connectivity index (χ2n) is 4.51. The Balaban J connectivity index is 1.95. The van der Waals surface area contributed by atoms with E-state index in [0.717, 1.165) is 15.6 Å². The van der Waals surface area contributed by atoms with Crippen LogP contribution in [-0.4, -0.2) is 5.91 Å². The Morgan fingerprint density at radius 2 is 1.89 bits per heavy atom. The first-order valence-electron chi connectivity index (χ1n) is 6.24. The van der Waals surface area contributed by atoms with Crippen LogP contribution in [0.3, 0.4) is 0 Å². The van der Waals surface area contributed by atoms with E-state index in [1.807, 2.05) is 61.5 Å². The van der Waals surface area contributed by atoms with Gasteiger partial charge in [-0.2, -0.15) is 0 Å². The number of halogens is 1. The average Bonchev–Trinajstić information content (AvgIpc) is 2.39. The van der Waals surface area contributed by atoms with Crippen molar-refractivity contribution in [2.45, 2.75) is 19.4 Å². The number of hydrogen-bond acceptors (Lipinski definition) is 1. The van der Waals surface area contributed by atoms with Gasteiger partial charge in [-0.15, -0.1) is 0 Å². The number of carbonyl (C=O) groups is 1. The third kappa shape index (κ3) is 4.21. The van der Waals surface area contributed by atoms with E-state index < -0.39 is 0 Å². The van der Waals surface area contributed by atoms with E-state index in [4.69, 9.17) is 0 Å². The lowest BCUT2D eigenvalue weighted by molar-refractivity contribution is -0.121. The average molecular weight is 318 g/mol. The second-order valence-corrected chi connectivity index (χ2v) is 5.42. The van der Waals surface area contributed by atoms with Crippen molar-refractivity contribution >= 4 is 21.8 Å². The van der Waals surface area contributed by atoms with Crippen LogP contribution in [0.4, 0.5) is 0 Å². The maximum absolute atomic E-state index is 12.0. The molecule has 0 aliphatic rings. The molecule has 0 aromatic heterocycles. The lowest BCUT2D eigenvalue weighted by Gasteiger charge is -2.14. The minimum atomic E-state index is 0.00807. The molecule has 1 atom stereocenters. The normalized spacial score (nSPS) is 11.9. The fourth-order valence-corrected chi connectivity index (χ4v) is 2.35. The molecule has 0 unspecified atom stereocenters. The van der Waals surface area contributed by atoms with Gasteiger partial charge in [-0.3, -0.25) is 4.79 Å². The molecule has 1 amide bonds. The van der Waals surface area contributed by atoms with Gasteiger partial charge >= 0.3 is 0 Å². The van der Waals surface area contributed by atoms with Crippen LogP contribution in [0.5, 0.6) is 0 Å². The van der Waals surface area contributed by atoms with Crippen LogP contribution < -0.4 is 5.32 Å². The van der Waals surface area contributed by atoms with Crippen molar-refractivity contribution in [3.63, 3.8) is 0 Å². The lowest BCUT2D eigenvalue weighted by Crippen LogP contribution is -2.28. The molecule has 98 valence electrons. The molecule has 0 fully saturated rings. The van der Waals surface area contributed by atoms with Gasteiger partial charge in [0.15, 0.2) is 0 Å². The molecule has 0 saturated carbocycles. The van der Waals surface area contributed by atoms with Gasteiger partial charge < -0.3 is 5.32 Å². The molecular formula is C16H16BrNO. The van der Waals surface area contributed by atoms with Gasteiger partial charge in [0.05, 0.1) is 12.5 Å². The monoisotopic (exact) mass is 317 g/mol. The number of hydrogen-bond donors (Lipinski definition) is 1. The number of carbonyl (C=O) groups excluding carboxylic acids is 1. The predicted molar refractivity (Wildman–Crippen MR) is 80.8 cm³/mol. The van der Waals surface area contributed by atoms with Crippen LogP contribution in [0.2, 0.25) is 0 Å². The van der Waals surface area contributed by atoms with Crippen molar-refractivity contribution in [3.05, 3.63) is 70.2 Å². The summed E-state index contributed by atoms with van der Waals surface area (Å²) in [6, 6.07) is 17.8. The summed E-state index contributed by atoms with van der Waals surface area (Å²) in [6.45, 7) is 1.99. The summed E-state index contributed by atoms with van der Waals surface area (Å²) in [4.78, 5) is 12.0. The Kier molecular flexibility index (Phi) is 4.74. The molecule has 2 aromatic rings. The smallest absolute Gasteiger partial charge is 0.224 e. The number of rotatable bonds is 4. The van der Waals surface area contributed by atoms with Crippen LogP contribution in [-0.2, 0) is 11.2 Å². The number of nitrogens with one attached hydrogen (secondary N) is 1. The summed E-state index contributed by atoms with van der Waals surface area (Å²) >= 11 is 3.44. The van der Waals surface area contributed by atoms with E-state index in [-0.39, 0.29) is 11.9 Å². The first-order chi connectivity index (χ1) is 9.15. The Morgan fingerprint density at radius 1 is 1.16 bits per heavy atom. The molecule has 0 bridgehead atoms. The predicted octanol–water partition coefficient (Wildman–Crippen LogP) is 3.87. The maximum Gasteiger partial charge on any atom is 0.224 e. The molecule has 19 heavy (non-hydrogen) atoms. The summed E-state index contributed by atoms with van der Waals surface area (Å²) in [5.41, 5.74) is 2.12. The zero-order chi connectivity index (χ0) is 13.7. The van der Waals surface area contributed by atoms with Gasteiger partial charge in [-0.25, -0.2) is 0 Å². The molecule has 1 N–H and O–H groups in total. The first-order valence-corrected chi connectivity index (χ1v) is 7.03. The summed E-state index contributed by atoms with van der Waals surface area (Å²) in [6.07, 6.45) is 0.416. The first kappa shape index (κ1) is 13.8. The van der Waals surface area contributed by atoms with Crippen molar-refractivity contribution < 1.29 is 4.79 Å². The van der Waals surface area contributed by atoms with Crippen LogP contribution in [0.15, 0.2) is 59.1 Å². The van der Waals surface area contributed by atoms with Crippen molar-refractivity contribution in [1.82, 2.24) is 5.32 Å². The van der Waals surface area contributed by atoms with Crippen LogP contribution in [0.25, 0.3) is 0 Å². The molecule has 0 heterocycles. The summed E-state index contributed by atoms with van der Waals surface area (Å²) in [7, 11) is 0. The summed E-state index contributed by atoms with van der Waals surface area (Å²) in [5, 5.41) is 3.01. The molecule has 0 radical (unpaired) electrons. The third-order valence-corrected chi connectivity index (χ3v) is 3.43. The summed E-state index contributed by atoms with van der Waals surface area (Å²) in [5.74, 6) is 0.0404. The number of benzene rings is 2. The second kappa shape index (κ2) is 6.53. The highest BCUT2D eigenvalue weighted by atomic mass is 79.9. The van der Waals surface area contributed by atoms with Crippen molar-refractivity contribution in [2.75, 3.05) is 0 Å². The van der Waals surface area contributed by atoms with E-state index in [1.165, 1.54) is 0 Å². The number of amides is 1. The fourth-order valence-electron chi connectivity index (χ4n) is 1.93. The van der Waals surface area contributed by atoms with E-state index in [1.54, 1.807) is 0 Å². The highest BCUT2D eigenvalue weighted by molar-refractivity contribution is 9.10. The Bertz CT molecular complexity index is 554. The maximum atomic E-state index is 12.0. The van der Waals surface area contributed by atoms with E-state index >= 15 is 0 Å². The van der Waals surface area contributed by atoms with Gasteiger partial charge in [0.25, 0.3) is 0 Å². The summed E-state index contributed by atoms with van der Waals surface area (Å²) < 4.78 is 1.02. The largest absolute Gasteiger partial charge is 0.349 e. The molecule has 3 heteroatoms. The van der Waals surface area contributed by atoms with Gasteiger partial charge in [-0.05, 0) is 30.2 Å². The lowest BCUT2D eigenvalue weighted by atomic mass is 10.1. The zero-order valence-electron chi connectivity index (χ0n) is 10.8. The SMILES string of the molecule is C[C@@H](NC(=O)Cc1ccccc1)c1cccc(Br)c1. The topological polar surface area (TPSA) is 29.1 Å². The standard InChI is InChI=1S/C16H16BrNO/c1-12(14-8-5-9-15(17)11-14)18-16(19)10-13-6-3-2-4-7-13/h2-9,11-12H,10H2,1H3,(H,18,19)/t12-/m1/s1. The molecule has 0 saturated heterocycles. The quantitative estimate of drug-likeness (QED) is 0.911. The minimum Gasteiger partial charge on any atom is -0.349 e. The fraction of sp³-hybridized carbons (Fsp3) is 0.188. The highest BCUT2D eigenvalue weighted by Gasteiger charge is 2.10. The molecule has 2 nitrogen and oxygen atoms in total. The molecular weight excluding hydrogens is 302 g/mol. The van der Waals surface area contributed by atoms with Gasteiger partial charge in [0.1, 0.15) is 0 Å².